The summed E-state index contributed by atoms with van der Waals surface area (Å²) >= 11 is 0. The molecule has 3 N–H and O–H groups in total. The number of nitrogens with two attached hydrogens (primary N) is 1. The fourth-order valence-corrected chi connectivity index (χ4v) is 3.54. The van der Waals surface area contributed by atoms with Crippen LogP contribution >= 0.6 is 0 Å². The van der Waals surface area contributed by atoms with Crippen molar-refractivity contribution in [1.29, 1.82) is 0 Å². The van der Waals surface area contributed by atoms with Crippen LogP contribution in [0.2, 0.25) is 18.1 Å². The number of alkyl carbamates (subject to hydrolysis) is 1. The Labute approximate surface area is 185 Å². The maximum Gasteiger partial charge on any atom is 0.408 e. The van der Waals surface area contributed by atoms with Crippen molar-refractivity contribution in [2.24, 2.45) is 5.73 Å². The Morgan fingerprint density at radius 3 is 2.03 bits per heavy atom. The van der Waals surface area contributed by atoms with E-state index in [4.69, 9.17) is 19.6 Å². The average molecular weight is 453 g/mol. The molecule has 1 aromatic carbocycles. The number of benzene rings is 1. The number of rotatable bonds is 8. The van der Waals surface area contributed by atoms with Gasteiger partial charge in [-0.05, 0) is 44.5 Å². The molecule has 0 saturated heterocycles. The van der Waals surface area contributed by atoms with E-state index in [1.54, 1.807) is 32.9 Å². The smallest absolute Gasteiger partial charge is 0.408 e. The van der Waals surface area contributed by atoms with Crippen molar-refractivity contribution in [2.45, 2.75) is 84.0 Å². The third kappa shape index (κ3) is 8.70. The zero-order valence-electron chi connectivity index (χ0n) is 19.8. The Morgan fingerprint density at radius 1 is 1.03 bits per heavy atom. The van der Waals surface area contributed by atoms with Crippen molar-refractivity contribution >= 4 is 26.3 Å². The minimum atomic E-state index is -2.52. The van der Waals surface area contributed by atoms with Crippen molar-refractivity contribution in [3.63, 3.8) is 0 Å². The van der Waals surface area contributed by atoms with Gasteiger partial charge in [0.15, 0.2) is 20.5 Å². The zero-order chi connectivity index (χ0) is 24.0. The summed E-state index contributed by atoms with van der Waals surface area (Å²) in [4.78, 5) is 37.6. The van der Waals surface area contributed by atoms with Gasteiger partial charge in [0.2, 0.25) is 5.91 Å². The van der Waals surface area contributed by atoms with E-state index in [1.807, 2.05) is 52.1 Å². The van der Waals surface area contributed by atoms with Crippen molar-refractivity contribution in [3.8, 4) is 0 Å². The van der Waals surface area contributed by atoms with E-state index in [-0.39, 0.29) is 11.6 Å². The second-order valence-electron chi connectivity index (χ2n) is 9.92. The van der Waals surface area contributed by atoms with Crippen LogP contribution in [0.1, 0.15) is 47.1 Å². The SMILES string of the molecule is CC(C)(C)OC(=O)N[C@H](C(=O)OCc1ccccc1)[C@H](O[Si](C)(C)C(C)(C)C)C(N)=O. The first kappa shape index (κ1) is 26.6. The highest BCUT2D eigenvalue weighted by Gasteiger charge is 2.45. The van der Waals surface area contributed by atoms with Gasteiger partial charge in [-0.25, -0.2) is 9.59 Å². The summed E-state index contributed by atoms with van der Waals surface area (Å²) in [5.41, 5.74) is 5.55. The third-order valence-electron chi connectivity index (χ3n) is 4.96. The van der Waals surface area contributed by atoms with Gasteiger partial charge in [0, 0.05) is 0 Å². The second-order valence-corrected chi connectivity index (χ2v) is 14.7. The molecule has 0 aliphatic heterocycles. The molecule has 0 saturated carbocycles. The summed E-state index contributed by atoms with van der Waals surface area (Å²) < 4.78 is 16.7. The molecule has 8 nitrogen and oxygen atoms in total. The first-order valence-electron chi connectivity index (χ1n) is 10.2. The molecule has 9 heteroatoms. The molecule has 0 fully saturated rings. The molecule has 0 unspecified atom stereocenters. The lowest BCUT2D eigenvalue weighted by atomic mass is 10.1. The molecule has 0 aliphatic rings. The van der Waals surface area contributed by atoms with E-state index in [2.05, 4.69) is 5.32 Å². The van der Waals surface area contributed by atoms with E-state index in [0.29, 0.717) is 0 Å². The number of carbonyl (C=O) groups is 3. The monoisotopic (exact) mass is 452 g/mol. The number of primary amides is 1. The summed E-state index contributed by atoms with van der Waals surface area (Å²) in [6.07, 6.45) is -2.28. The number of esters is 1. The fraction of sp³-hybridized carbons (Fsp3) is 0.591. The predicted molar refractivity (Wildman–Crippen MR) is 121 cm³/mol. The lowest BCUT2D eigenvalue weighted by molar-refractivity contribution is -0.152. The highest BCUT2D eigenvalue weighted by molar-refractivity contribution is 6.74. The van der Waals surface area contributed by atoms with Crippen LogP contribution in [-0.2, 0) is 30.1 Å². The van der Waals surface area contributed by atoms with Gasteiger partial charge >= 0.3 is 12.1 Å². The molecule has 2 atom stereocenters. The first-order valence-corrected chi connectivity index (χ1v) is 13.1. The van der Waals surface area contributed by atoms with Gasteiger partial charge in [-0.3, -0.25) is 4.79 Å². The molecule has 0 aromatic heterocycles. The molecular formula is C22H36N2O6Si. The van der Waals surface area contributed by atoms with Crippen LogP contribution in [0.4, 0.5) is 4.79 Å². The van der Waals surface area contributed by atoms with E-state index in [0.717, 1.165) is 5.56 Å². The van der Waals surface area contributed by atoms with E-state index < -0.39 is 44.0 Å². The maximum atomic E-state index is 12.9. The van der Waals surface area contributed by atoms with Gasteiger partial charge < -0.3 is 25.0 Å². The number of amides is 2. The van der Waals surface area contributed by atoms with E-state index in [1.165, 1.54) is 0 Å². The summed E-state index contributed by atoms with van der Waals surface area (Å²) in [6, 6.07) is 7.60. The Balaban J connectivity index is 3.16. The topological polar surface area (TPSA) is 117 Å². The van der Waals surface area contributed by atoms with Crippen LogP contribution in [0.15, 0.2) is 30.3 Å². The van der Waals surface area contributed by atoms with Crippen molar-refractivity contribution in [2.75, 3.05) is 0 Å². The van der Waals surface area contributed by atoms with Gasteiger partial charge in [-0.2, -0.15) is 0 Å². The van der Waals surface area contributed by atoms with Crippen LogP contribution in [0.25, 0.3) is 0 Å². The minimum absolute atomic E-state index is 0.0300. The van der Waals surface area contributed by atoms with Gasteiger partial charge in [-0.15, -0.1) is 0 Å². The number of hydrogen-bond donors (Lipinski definition) is 2. The number of carbonyl (C=O) groups excluding carboxylic acids is 3. The normalized spacial score (nSPS) is 14.3. The quantitative estimate of drug-likeness (QED) is 0.460. The average Bonchev–Trinajstić information content (AvgIpc) is 2.60. The van der Waals surface area contributed by atoms with Crippen molar-refractivity contribution in [1.82, 2.24) is 5.32 Å². The van der Waals surface area contributed by atoms with Crippen molar-refractivity contribution < 1.29 is 28.3 Å². The second kappa shape index (κ2) is 10.3. The fourth-order valence-electron chi connectivity index (χ4n) is 2.30. The zero-order valence-corrected chi connectivity index (χ0v) is 20.8. The molecule has 0 spiro atoms. The van der Waals surface area contributed by atoms with Crippen molar-refractivity contribution in [3.05, 3.63) is 35.9 Å². The molecular weight excluding hydrogens is 416 g/mol. The third-order valence-corrected chi connectivity index (χ3v) is 9.42. The molecule has 0 aliphatic carbocycles. The molecule has 1 rings (SSSR count). The number of hydrogen-bond acceptors (Lipinski definition) is 6. The van der Waals surface area contributed by atoms with Crippen LogP contribution in [-0.4, -0.2) is 44.0 Å². The number of nitrogens with one attached hydrogen (secondary N) is 1. The lowest BCUT2D eigenvalue weighted by Gasteiger charge is -2.40. The molecule has 0 radical (unpaired) electrons. The minimum Gasteiger partial charge on any atom is -0.459 e. The van der Waals surface area contributed by atoms with E-state index in [9.17, 15) is 14.4 Å². The Bertz CT molecular complexity index is 768. The van der Waals surface area contributed by atoms with Gasteiger partial charge in [-0.1, -0.05) is 51.1 Å². The van der Waals surface area contributed by atoms with Crippen LogP contribution in [0.5, 0.6) is 0 Å². The maximum absolute atomic E-state index is 12.9. The Morgan fingerprint density at radius 2 is 1.58 bits per heavy atom. The van der Waals surface area contributed by atoms with Crippen LogP contribution < -0.4 is 11.1 Å². The van der Waals surface area contributed by atoms with Crippen LogP contribution in [0.3, 0.4) is 0 Å². The standard InChI is InChI=1S/C22H36N2O6Si/c1-21(2,3)29-20(27)24-16(19(26)28-14-15-12-10-9-11-13-15)17(18(23)25)30-31(7,8)22(4,5)6/h9-13,16-17H,14H2,1-8H3,(H2,23,25)(H,24,27)/t16-,17-/m0/s1. The summed E-state index contributed by atoms with van der Waals surface area (Å²) in [7, 11) is -2.52. The molecule has 1 aromatic rings. The number of ether oxygens (including phenoxy) is 2. The summed E-state index contributed by atoms with van der Waals surface area (Å²) in [6.45, 7) is 14.8. The van der Waals surface area contributed by atoms with Gasteiger partial charge in [0.1, 0.15) is 12.2 Å². The molecule has 31 heavy (non-hydrogen) atoms. The molecule has 174 valence electrons. The molecule has 0 heterocycles. The highest BCUT2D eigenvalue weighted by atomic mass is 28.4. The van der Waals surface area contributed by atoms with E-state index >= 15 is 0 Å². The summed E-state index contributed by atoms with van der Waals surface area (Å²) in [5, 5.41) is 2.17. The summed E-state index contributed by atoms with van der Waals surface area (Å²) in [5.74, 6) is -1.71. The largest absolute Gasteiger partial charge is 0.459 e. The lowest BCUT2D eigenvalue weighted by Crippen LogP contribution is -2.59. The molecule has 2 amide bonds. The highest BCUT2D eigenvalue weighted by Crippen LogP contribution is 2.37. The Kier molecular flexibility index (Phi) is 8.83. The van der Waals surface area contributed by atoms with Gasteiger partial charge in [0.05, 0.1) is 0 Å². The molecule has 0 bridgehead atoms. The Hall–Kier alpha value is -2.39. The predicted octanol–water partition coefficient (Wildman–Crippen LogP) is 3.50. The first-order chi connectivity index (χ1) is 14.0. The van der Waals surface area contributed by atoms with Crippen LogP contribution in [0, 0.1) is 0 Å². The van der Waals surface area contributed by atoms with Gasteiger partial charge in [0.25, 0.3) is 0 Å².